The molecule has 0 aromatic heterocycles. The predicted molar refractivity (Wildman–Crippen MR) is 150 cm³/mol. The zero-order valence-corrected chi connectivity index (χ0v) is 22.2. The molecule has 9 nitrogen and oxygen atoms in total. The molecule has 0 unspecified atom stereocenters. The first kappa shape index (κ1) is 26.7. The van der Waals surface area contributed by atoms with Crippen molar-refractivity contribution in [2.75, 3.05) is 20.1 Å². The first-order chi connectivity index (χ1) is 18.0. The average Bonchev–Trinajstić information content (AvgIpc) is 2.86. The average molecular weight is 551 g/mol. The first-order valence-electron chi connectivity index (χ1n) is 11.5. The molecule has 38 heavy (non-hydrogen) atoms. The van der Waals surface area contributed by atoms with Gasteiger partial charge in [0.1, 0.15) is 0 Å². The number of urea groups is 1. The van der Waals surface area contributed by atoms with Crippen molar-refractivity contribution in [2.24, 2.45) is 0 Å². The van der Waals surface area contributed by atoms with Gasteiger partial charge in [-0.25, -0.2) is 21.6 Å². The number of para-hydroxylation sites is 4. The van der Waals surface area contributed by atoms with Crippen molar-refractivity contribution in [3.63, 3.8) is 0 Å². The van der Waals surface area contributed by atoms with Gasteiger partial charge in [0.2, 0.25) is 0 Å². The Kier molecular flexibility index (Phi) is 7.70. The minimum absolute atomic E-state index is 0.0894. The molecule has 0 aliphatic carbocycles. The fourth-order valence-electron chi connectivity index (χ4n) is 3.61. The Morgan fingerprint density at radius 1 is 0.526 bits per heavy atom. The molecule has 0 fully saturated rings. The van der Waals surface area contributed by atoms with E-state index in [2.05, 4.69) is 20.1 Å². The molecule has 0 aliphatic rings. The van der Waals surface area contributed by atoms with Gasteiger partial charge in [-0.15, -0.1) is 0 Å². The number of sulfonamides is 2. The van der Waals surface area contributed by atoms with E-state index in [1.54, 1.807) is 86.6 Å². The van der Waals surface area contributed by atoms with Crippen LogP contribution in [0.5, 0.6) is 0 Å². The number of benzene rings is 4. The second-order valence-corrected chi connectivity index (χ2v) is 11.9. The maximum Gasteiger partial charge on any atom is 0.323 e. The number of carbonyl (C=O) groups is 1. The summed E-state index contributed by atoms with van der Waals surface area (Å²) in [7, 11) is -7.82. The van der Waals surface area contributed by atoms with Gasteiger partial charge in [0, 0.05) is 0 Å². The van der Waals surface area contributed by atoms with E-state index >= 15 is 0 Å². The van der Waals surface area contributed by atoms with Crippen molar-refractivity contribution in [1.29, 1.82) is 0 Å². The normalized spacial score (nSPS) is 11.4. The number of rotatable bonds is 8. The first-order valence-corrected chi connectivity index (χ1v) is 14.5. The Morgan fingerprint density at radius 2 is 0.895 bits per heavy atom. The summed E-state index contributed by atoms with van der Waals surface area (Å²) in [5.41, 5.74) is 2.32. The lowest BCUT2D eigenvalue weighted by molar-refractivity contribution is 0.262. The molecule has 2 amide bonds. The van der Waals surface area contributed by atoms with Gasteiger partial charge in [0.25, 0.3) is 20.0 Å². The van der Waals surface area contributed by atoms with Crippen LogP contribution in [0.4, 0.5) is 27.5 Å². The Hall–Kier alpha value is -4.35. The van der Waals surface area contributed by atoms with Gasteiger partial charge in [0.15, 0.2) is 0 Å². The molecule has 0 atom stereocenters. The minimum atomic E-state index is -3.91. The van der Waals surface area contributed by atoms with E-state index < -0.39 is 26.1 Å². The molecule has 0 spiro atoms. The number of hydrogen-bond donors (Lipinski definition) is 4. The molecule has 0 saturated carbocycles. The van der Waals surface area contributed by atoms with Gasteiger partial charge in [-0.1, -0.05) is 48.5 Å². The zero-order chi connectivity index (χ0) is 27.3. The smallest absolute Gasteiger partial charge is 0.306 e. The van der Waals surface area contributed by atoms with Gasteiger partial charge in [-0.3, -0.25) is 9.44 Å². The Morgan fingerprint density at radius 3 is 1.26 bits per heavy atom. The number of amides is 2. The molecule has 0 heterocycles. The van der Waals surface area contributed by atoms with Crippen LogP contribution in [-0.4, -0.2) is 22.9 Å². The number of hydrogen-bond acceptors (Lipinski definition) is 5. The lowest BCUT2D eigenvalue weighted by Gasteiger charge is -2.16. The lowest BCUT2D eigenvalue weighted by Crippen LogP contribution is -2.22. The van der Waals surface area contributed by atoms with Crippen molar-refractivity contribution in [1.82, 2.24) is 0 Å². The van der Waals surface area contributed by atoms with E-state index in [-0.39, 0.29) is 32.5 Å². The van der Waals surface area contributed by atoms with E-state index in [0.717, 1.165) is 11.1 Å². The summed E-state index contributed by atoms with van der Waals surface area (Å²) in [5, 5.41) is 5.24. The van der Waals surface area contributed by atoms with Gasteiger partial charge >= 0.3 is 6.03 Å². The predicted octanol–water partition coefficient (Wildman–Crippen LogP) is 5.55. The van der Waals surface area contributed by atoms with Crippen LogP contribution in [0.25, 0.3) is 0 Å². The lowest BCUT2D eigenvalue weighted by atomic mass is 10.2. The molecule has 4 aromatic rings. The summed E-state index contributed by atoms with van der Waals surface area (Å²) >= 11 is 0. The molecule has 4 aromatic carbocycles. The third-order valence-electron chi connectivity index (χ3n) is 5.44. The quantitative estimate of drug-likeness (QED) is 0.228. The van der Waals surface area contributed by atoms with Crippen LogP contribution >= 0.6 is 0 Å². The summed E-state index contributed by atoms with van der Waals surface area (Å²) in [4.78, 5) is 13.0. The van der Waals surface area contributed by atoms with Crippen LogP contribution in [0.2, 0.25) is 0 Å². The summed E-state index contributed by atoms with van der Waals surface area (Å²) < 4.78 is 56.6. The molecule has 196 valence electrons. The largest absolute Gasteiger partial charge is 0.323 e. The van der Waals surface area contributed by atoms with Crippen LogP contribution in [0.15, 0.2) is 107 Å². The number of aryl methyl sites for hydroxylation is 2. The highest BCUT2D eigenvalue weighted by Crippen LogP contribution is 2.27. The Bertz CT molecular complexity index is 1580. The maximum atomic E-state index is 12.9. The molecule has 0 saturated heterocycles. The summed E-state index contributed by atoms with van der Waals surface area (Å²) in [6.07, 6.45) is 0. The SMILES string of the molecule is Cc1cccc(S(=O)(=O)Nc2ccccc2NC(=O)Nc2ccccc2NS(=O)(=O)c2cccc(C)c2)c1. The van der Waals surface area contributed by atoms with Gasteiger partial charge in [-0.2, -0.15) is 0 Å². The minimum Gasteiger partial charge on any atom is -0.306 e. The van der Waals surface area contributed by atoms with Gasteiger partial charge in [-0.05, 0) is 73.5 Å². The van der Waals surface area contributed by atoms with Crippen LogP contribution in [0.1, 0.15) is 11.1 Å². The van der Waals surface area contributed by atoms with Crippen molar-refractivity contribution >= 4 is 48.8 Å². The Balaban J connectivity index is 1.52. The summed E-state index contributed by atoms with van der Waals surface area (Å²) in [6, 6.07) is 24.9. The third kappa shape index (κ3) is 6.50. The number of carbonyl (C=O) groups excluding carboxylic acids is 1. The van der Waals surface area contributed by atoms with E-state index in [4.69, 9.17) is 0 Å². The molecular formula is C27H26N4O5S2. The fourth-order valence-corrected chi connectivity index (χ4v) is 5.98. The highest BCUT2D eigenvalue weighted by Gasteiger charge is 2.19. The molecule has 0 radical (unpaired) electrons. The Labute approximate surface area is 222 Å². The van der Waals surface area contributed by atoms with Crippen LogP contribution in [0, 0.1) is 13.8 Å². The van der Waals surface area contributed by atoms with Crippen molar-refractivity contribution < 1.29 is 21.6 Å². The van der Waals surface area contributed by atoms with Gasteiger partial charge < -0.3 is 10.6 Å². The topological polar surface area (TPSA) is 133 Å². The van der Waals surface area contributed by atoms with E-state index in [9.17, 15) is 21.6 Å². The standard InChI is InChI=1S/C27H26N4O5S2/c1-19-9-7-11-21(17-19)37(33,34)30-25-15-5-3-13-23(25)28-27(32)29-24-14-4-6-16-26(24)31-38(35,36)22-12-8-10-20(2)18-22/h3-18,30-31H,1-2H3,(H2,28,29,32). The number of anilines is 4. The maximum absolute atomic E-state index is 12.9. The second kappa shape index (κ2) is 11.0. The van der Waals surface area contributed by atoms with Crippen LogP contribution in [-0.2, 0) is 20.0 Å². The monoisotopic (exact) mass is 550 g/mol. The fraction of sp³-hybridized carbons (Fsp3) is 0.0741. The van der Waals surface area contributed by atoms with Crippen molar-refractivity contribution in [3.05, 3.63) is 108 Å². The van der Waals surface area contributed by atoms with E-state index in [1.807, 2.05) is 0 Å². The van der Waals surface area contributed by atoms with E-state index in [0.29, 0.717) is 0 Å². The van der Waals surface area contributed by atoms with Crippen LogP contribution in [0.3, 0.4) is 0 Å². The van der Waals surface area contributed by atoms with Gasteiger partial charge in [0.05, 0.1) is 32.5 Å². The van der Waals surface area contributed by atoms with Crippen molar-refractivity contribution in [3.8, 4) is 0 Å². The van der Waals surface area contributed by atoms with E-state index in [1.165, 1.54) is 24.3 Å². The van der Waals surface area contributed by atoms with Crippen molar-refractivity contribution in [2.45, 2.75) is 23.6 Å². The highest BCUT2D eigenvalue weighted by molar-refractivity contribution is 7.93. The third-order valence-corrected chi connectivity index (χ3v) is 8.17. The molecule has 11 heteroatoms. The van der Waals surface area contributed by atoms with Crippen LogP contribution < -0.4 is 20.1 Å². The molecular weight excluding hydrogens is 524 g/mol. The summed E-state index contributed by atoms with van der Waals surface area (Å²) in [6.45, 7) is 3.58. The second-order valence-electron chi connectivity index (χ2n) is 8.51. The zero-order valence-electron chi connectivity index (χ0n) is 20.6. The molecule has 0 bridgehead atoms. The molecule has 4 N–H and O–H groups in total. The number of nitrogens with one attached hydrogen (secondary N) is 4. The highest BCUT2D eigenvalue weighted by atomic mass is 32.2. The summed E-state index contributed by atoms with van der Waals surface area (Å²) in [5.74, 6) is 0. The molecule has 4 rings (SSSR count). The molecule has 0 aliphatic heterocycles.